The van der Waals surface area contributed by atoms with E-state index in [4.69, 9.17) is 0 Å². The molecule has 2 heteroatoms. The number of rotatable bonds is 2. The monoisotopic (exact) mass is 261 g/mol. The van der Waals surface area contributed by atoms with Gasteiger partial charge in [-0.15, -0.1) is 0 Å². The third kappa shape index (κ3) is 2.73. The van der Waals surface area contributed by atoms with Crippen molar-refractivity contribution in [2.24, 2.45) is 0 Å². The molecule has 1 amide bonds. The molecule has 0 fully saturated rings. The Morgan fingerprint density at radius 1 is 1.10 bits per heavy atom. The Bertz CT molecular complexity index is 679. The fourth-order valence-corrected chi connectivity index (χ4v) is 2.38. The van der Waals surface area contributed by atoms with Gasteiger partial charge in [-0.05, 0) is 29.7 Å². The average Bonchev–Trinajstić information content (AvgIpc) is 2.46. The molecule has 0 radical (unpaired) electrons. The van der Waals surface area contributed by atoms with E-state index in [1.807, 2.05) is 42.5 Å². The highest BCUT2D eigenvalue weighted by Crippen LogP contribution is 2.32. The van der Waals surface area contributed by atoms with E-state index in [-0.39, 0.29) is 18.4 Å². The van der Waals surface area contributed by atoms with Crippen LogP contribution in [0.5, 0.6) is 0 Å². The van der Waals surface area contributed by atoms with E-state index in [0.717, 1.165) is 12.0 Å². The molecule has 1 unspecified atom stereocenters. The van der Waals surface area contributed by atoms with E-state index in [2.05, 4.69) is 29.3 Å². The third-order valence-corrected chi connectivity index (χ3v) is 3.45. The zero-order valence-corrected chi connectivity index (χ0v) is 11.1. The van der Waals surface area contributed by atoms with Crippen molar-refractivity contribution >= 4 is 5.91 Å². The van der Waals surface area contributed by atoms with Crippen LogP contribution in [0.3, 0.4) is 0 Å². The first-order chi connectivity index (χ1) is 9.83. The van der Waals surface area contributed by atoms with Crippen molar-refractivity contribution in [3.8, 4) is 11.8 Å². The summed E-state index contributed by atoms with van der Waals surface area (Å²) >= 11 is 0. The molecule has 1 atom stereocenters. The fraction of sp³-hybridized carbons (Fsp3) is 0.167. The van der Waals surface area contributed by atoms with E-state index in [9.17, 15) is 4.79 Å². The lowest BCUT2D eigenvalue weighted by molar-refractivity contribution is -0.121. The van der Waals surface area contributed by atoms with Crippen molar-refractivity contribution < 1.29 is 4.79 Å². The molecular formula is C18H15NO. The minimum absolute atomic E-state index is 0.00654. The number of nitrogens with one attached hydrogen (secondary N) is 1. The first kappa shape index (κ1) is 12.5. The normalized spacial score (nSPS) is 15.3. The van der Waals surface area contributed by atoms with Crippen LogP contribution in [0.1, 0.15) is 29.2 Å². The SMILES string of the molecule is O=C(CC#Cc1ccccc1)NC1Cc2ccccc21. The smallest absolute Gasteiger partial charge is 0.232 e. The summed E-state index contributed by atoms with van der Waals surface area (Å²) in [4.78, 5) is 11.8. The molecule has 0 aromatic heterocycles. The Kier molecular flexibility index (Phi) is 3.52. The van der Waals surface area contributed by atoms with Gasteiger partial charge in [-0.3, -0.25) is 4.79 Å². The summed E-state index contributed by atoms with van der Waals surface area (Å²) in [5, 5.41) is 3.02. The van der Waals surface area contributed by atoms with Crippen molar-refractivity contribution in [3.63, 3.8) is 0 Å². The molecule has 2 aromatic carbocycles. The number of benzene rings is 2. The van der Waals surface area contributed by atoms with Crippen LogP contribution in [-0.2, 0) is 11.2 Å². The Morgan fingerprint density at radius 3 is 2.65 bits per heavy atom. The van der Waals surface area contributed by atoms with Crippen LogP contribution in [0.4, 0.5) is 0 Å². The van der Waals surface area contributed by atoms with E-state index >= 15 is 0 Å². The van der Waals surface area contributed by atoms with Gasteiger partial charge in [-0.25, -0.2) is 0 Å². The van der Waals surface area contributed by atoms with Gasteiger partial charge in [-0.2, -0.15) is 0 Å². The van der Waals surface area contributed by atoms with E-state index in [0.29, 0.717) is 0 Å². The van der Waals surface area contributed by atoms with E-state index in [1.165, 1.54) is 11.1 Å². The van der Waals surface area contributed by atoms with Crippen molar-refractivity contribution in [1.29, 1.82) is 0 Å². The second-order valence-electron chi connectivity index (χ2n) is 4.87. The van der Waals surface area contributed by atoms with Crippen LogP contribution in [-0.4, -0.2) is 5.91 Å². The average molecular weight is 261 g/mol. The molecular weight excluding hydrogens is 246 g/mol. The molecule has 1 N–H and O–H groups in total. The first-order valence-corrected chi connectivity index (χ1v) is 6.74. The molecule has 0 bridgehead atoms. The molecule has 0 aliphatic heterocycles. The lowest BCUT2D eigenvalue weighted by Crippen LogP contribution is -2.35. The summed E-state index contributed by atoms with van der Waals surface area (Å²) in [5.74, 6) is 5.90. The van der Waals surface area contributed by atoms with Crippen LogP contribution < -0.4 is 5.32 Å². The fourth-order valence-electron chi connectivity index (χ4n) is 2.38. The van der Waals surface area contributed by atoms with E-state index < -0.39 is 0 Å². The first-order valence-electron chi connectivity index (χ1n) is 6.74. The molecule has 2 nitrogen and oxygen atoms in total. The van der Waals surface area contributed by atoms with Crippen molar-refractivity contribution in [2.45, 2.75) is 18.9 Å². The van der Waals surface area contributed by atoms with Crippen LogP contribution in [0.2, 0.25) is 0 Å². The van der Waals surface area contributed by atoms with Crippen molar-refractivity contribution in [2.75, 3.05) is 0 Å². The molecule has 2 aromatic rings. The van der Waals surface area contributed by atoms with Gasteiger partial charge in [0.1, 0.15) is 0 Å². The predicted molar refractivity (Wildman–Crippen MR) is 79.0 cm³/mol. The summed E-state index contributed by atoms with van der Waals surface area (Å²) < 4.78 is 0. The Morgan fingerprint density at radius 2 is 1.85 bits per heavy atom. The maximum absolute atomic E-state index is 11.8. The van der Waals surface area contributed by atoms with Crippen molar-refractivity contribution in [3.05, 3.63) is 71.3 Å². The predicted octanol–water partition coefficient (Wildman–Crippen LogP) is 2.84. The van der Waals surface area contributed by atoms with Gasteiger partial charge in [-0.1, -0.05) is 54.3 Å². The van der Waals surface area contributed by atoms with Gasteiger partial charge in [0.25, 0.3) is 0 Å². The molecule has 3 rings (SSSR count). The van der Waals surface area contributed by atoms with Crippen LogP contribution in [0, 0.1) is 11.8 Å². The minimum Gasteiger partial charge on any atom is -0.348 e. The number of amides is 1. The largest absolute Gasteiger partial charge is 0.348 e. The highest BCUT2D eigenvalue weighted by Gasteiger charge is 2.26. The van der Waals surface area contributed by atoms with Crippen LogP contribution in [0.15, 0.2) is 54.6 Å². The van der Waals surface area contributed by atoms with Gasteiger partial charge in [0, 0.05) is 5.56 Å². The van der Waals surface area contributed by atoms with Crippen molar-refractivity contribution in [1.82, 2.24) is 5.32 Å². The Hall–Kier alpha value is -2.53. The van der Waals surface area contributed by atoms with Gasteiger partial charge in [0.05, 0.1) is 12.5 Å². The quantitative estimate of drug-likeness (QED) is 0.827. The lowest BCUT2D eigenvalue weighted by Gasteiger charge is -2.30. The molecule has 1 aliphatic rings. The van der Waals surface area contributed by atoms with Gasteiger partial charge < -0.3 is 5.32 Å². The van der Waals surface area contributed by atoms with E-state index in [1.54, 1.807) is 0 Å². The molecule has 0 saturated carbocycles. The summed E-state index contributed by atoms with van der Waals surface area (Å²) in [6.07, 6.45) is 1.17. The van der Waals surface area contributed by atoms with Gasteiger partial charge in [0.2, 0.25) is 5.91 Å². The second-order valence-corrected chi connectivity index (χ2v) is 4.87. The van der Waals surface area contributed by atoms with Gasteiger partial charge >= 0.3 is 0 Å². The number of carbonyl (C=O) groups is 1. The summed E-state index contributed by atoms with van der Waals surface area (Å²) in [7, 11) is 0. The molecule has 0 spiro atoms. The third-order valence-electron chi connectivity index (χ3n) is 3.45. The molecule has 98 valence electrons. The van der Waals surface area contributed by atoms with Crippen LogP contribution in [0.25, 0.3) is 0 Å². The molecule has 0 saturated heterocycles. The summed E-state index contributed by atoms with van der Waals surface area (Å²) in [5.41, 5.74) is 3.50. The van der Waals surface area contributed by atoms with Gasteiger partial charge in [0.15, 0.2) is 0 Å². The summed E-state index contributed by atoms with van der Waals surface area (Å²) in [6.45, 7) is 0. The topological polar surface area (TPSA) is 29.1 Å². The summed E-state index contributed by atoms with van der Waals surface area (Å²) in [6, 6.07) is 18.1. The zero-order chi connectivity index (χ0) is 13.8. The number of hydrogen-bond acceptors (Lipinski definition) is 1. The standard InChI is InChI=1S/C18H15NO/c20-18(12-6-9-14-7-2-1-3-8-14)19-17-13-15-10-4-5-11-16(15)17/h1-5,7-8,10-11,17H,12-13H2,(H,19,20). The highest BCUT2D eigenvalue weighted by molar-refractivity contribution is 5.79. The molecule has 0 heterocycles. The molecule has 1 aliphatic carbocycles. The minimum atomic E-state index is -0.00654. The Balaban J connectivity index is 1.54. The lowest BCUT2D eigenvalue weighted by atomic mass is 9.83. The van der Waals surface area contributed by atoms with Crippen LogP contribution >= 0.6 is 0 Å². The highest BCUT2D eigenvalue weighted by atomic mass is 16.1. The number of carbonyl (C=O) groups excluding carboxylic acids is 1. The maximum Gasteiger partial charge on any atom is 0.232 e. The number of hydrogen-bond donors (Lipinski definition) is 1. The second kappa shape index (κ2) is 5.63. The zero-order valence-electron chi connectivity index (χ0n) is 11.1. The maximum atomic E-state index is 11.8. The number of fused-ring (bicyclic) bond motifs is 1. The Labute approximate surface area is 118 Å². The molecule has 20 heavy (non-hydrogen) atoms.